The van der Waals surface area contributed by atoms with Crippen LogP contribution in [0, 0.1) is 0 Å². The van der Waals surface area contributed by atoms with Crippen molar-refractivity contribution in [2.45, 2.75) is 27.2 Å². The molecule has 0 heterocycles. The van der Waals surface area contributed by atoms with E-state index in [0.29, 0.717) is 0 Å². The standard InChI is InChI=1S/C6H10O.C4H6O/c1-3-6(4-2)5-7;1-2-3-4-5/h3,5H,4H2,1-2H3;2-4H,1H3/b6-3+;3-2+. The fraction of sp³-hybridized carbons (Fsp3) is 0.400. The minimum absolute atomic E-state index is 0.750. The van der Waals surface area contributed by atoms with Crippen molar-refractivity contribution < 1.29 is 9.59 Å². The lowest BCUT2D eigenvalue weighted by Crippen LogP contribution is -1.77. The highest BCUT2D eigenvalue weighted by molar-refractivity contribution is 5.72. The SMILES string of the molecule is C/C=C(/C=O)CC.C/C=C/C=O. The summed E-state index contributed by atoms with van der Waals surface area (Å²) in [4.78, 5) is 19.2. The van der Waals surface area contributed by atoms with Crippen LogP contribution in [0.25, 0.3) is 0 Å². The monoisotopic (exact) mass is 168 g/mol. The molecule has 0 spiro atoms. The normalized spacial score (nSPS) is 10.4. The molecule has 0 saturated heterocycles. The largest absolute Gasteiger partial charge is 0.299 e. The van der Waals surface area contributed by atoms with Crippen molar-refractivity contribution in [2.75, 3.05) is 0 Å². The van der Waals surface area contributed by atoms with Gasteiger partial charge in [0.15, 0.2) is 0 Å². The Hall–Kier alpha value is -1.18. The van der Waals surface area contributed by atoms with Crippen LogP contribution < -0.4 is 0 Å². The molecule has 2 nitrogen and oxygen atoms in total. The van der Waals surface area contributed by atoms with Crippen LogP contribution in [0.2, 0.25) is 0 Å². The average Bonchev–Trinajstić information content (AvgIpc) is 2.10. The lowest BCUT2D eigenvalue weighted by atomic mass is 10.2. The van der Waals surface area contributed by atoms with Crippen molar-refractivity contribution in [1.29, 1.82) is 0 Å². The van der Waals surface area contributed by atoms with E-state index >= 15 is 0 Å². The summed E-state index contributed by atoms with van der Waals surface area (Å²) in [6, 6.07) is 0. The second-order valence-corrected chi connectivity index (χ2v) is 2.00. The van der Waals surface area contributed by atoms with Gasteiger partial charge >= 0.3 is 0 Å². The molecule has 0 aromatic rings. The Morgan fingerprint density at radius 1 is 1.25 bits per heavy atom. The molecule has 0 unspecified atom stereocenters. The molecule has 0 fully saturated rings. The van der Waals surface area contributed by atoms with Crippen molar-refractivity contribution in [1.82, 2.24) is 0 Å². The van der Waals surface area contributed by atoms with Gasteiger partial charge < -0.3 is 0 Å². The summed E-state index contributed by atoms with van der Waals surface area (Å²) in [5.41, 5.74) is 0.875. The molecule has 0 aliphatic carbocycles. The van der Waals surface area contributed by atoms with E-state index in [2.05, 4.69) is 0 Å². The number of hydrogen-bond donors (Lipinski definition) is 0. The van der Waals surface area contributed by atoms with E-state index in [0.717, 1.165) is 24.6 Å². The van der Waals surface area contributed by atoms with E-state index in [-0.39, 0.29) is 0 Å². The molecule has 12 heavy (non-hydrogen) atoms. The first-order valence-corrected chi connectivity index (χ1v) is 3.93. The Labute approximate surface area is 74.0 Å². The lowest BCUT2D eigenvalue weighted by Gasteiger charge is -1.84. The van der Waals surface area contributed by atoms with E-state index in [1.807, 2.05) is 19.9 Å². The van der Waals surface area contributed by atoms with Crippen LogP contribution in [0.15, 0.2) is 23.8 Å². The third kappa shape index (κ3) is 11.6. The van der Waals surface area contributed by atoms with Crippen molar-refractivity contribution in [3.63, 3.8) is 0 Å². The van der Waals surface area contributed by atoms with Crippen LogP contribution in [0.1, 0.15) is 27.2 Å². The number of carbonyl (C=O) groups excluding carboxylic acids is 2. The fourth-order valence-corrected chi connectivity index (χ4v) is 0.434. The Balaban J connectivity index is 0. The van der Waals surface area contributed by atoms with Gasteiger partial charge in [0.1, 0.15) is 12.6 Å². The molecule has 0 aromatic heterocycles. The predicted octanol–water partition coefficient (Wildman–Crippen LogP) is 2.30. The van der Waals surface area contributed by atoms with Crippen molar-refractivity contribution in [3.8, 4) is 0 Å². The molecule has 0 atom stereocenters. The molecule has 0 bridgehead atoms. The molecule has 0 aliphatic heterocycles. The summed E-state index contributed by atoms with van der Waals surface area (Å²) < 4.78 is 0. The Morgan fingerprint density at radius 2 is 1.83 bits per heavy atom. The van der Waals surface area contributed by atoms with Gasteiger partial charge in [-0.05, 0) is 31.9 Å². The van der Waals surface area contributed by atoms with Crippen LogP contribution in [0.5, 0.6) is 0 Å². The highest BCUT2D eigenvalue weighted by atomic mass is 16.1. The second kappa shape index (κ2) is 12.5. The van der Waals surface area contributed by atoms with Gasteiger partial charge in [-0.1, -0.05) is 19.1 Å². The minimum atomic E-state index is 0.750. The maximum atomic E-state index is 9.90. The van der Waals surface area contributed by atoms with Crippen LogP contribution in [-0.4, -0.2) is 12.6 Å². The quantitative estimate of drug-likeness (QED) is 0.478. The molecular formula is C10H16O2. The number of aldehydes is 2. The van der Waals surface area contributed by atoms with Gasteiger partial charge in [-0.3, -0.25) is 9.59 Å². The topological polar surface area (TPSA) is 34.1 Å². The van der Waals surface area contributed by atoms with Crippen LogP contribution in [0.4, 0.5) is 0 Å². The highest BCUT2D eigenvalue weighted by Crippen LogP contribution is 1.92. The van der Waals surface area contributed by atoms with Gasteiger partial charge in [0.25, 0.3) is 0 Å². The Morgan fingerprint density at radius 3 is 1.83 bits per heavy atom. The average molecular weight is 168 g/mol. The third-order valence-electron chi connectivity index (χ3n) is 1.20. The van der Waals surface area contributed by atoms with Gasteiger partial charge in [-0.2, -0.15) is 0 Å². The number of hydrogen-bond acceptors (Lipinski definition) is 2. The van der Waals surface area contributed by atoms with E-state index in [1.165, 1.54) is 6.08 Å². The highest BCUT2D eigenvalue weighted by Gasteiger charge is 1.82. The summed E-state index contributed by atoms with van der Waals surface area (Å²) in [6.45, 7) is 5.63. The Bertz CT molecular complexity index is 167. The van der Waals surface area contributed by atoms with Gasteiger partial charge in [-0.25, -0.2) is 0 Å². The molecule has 0 aromatic carbocycles. The van der Waals surface area contributed by atoms with E-state index in [4.69, 9.17) is 0 Å². The van der Waals surface area contributed by atoms with E-state index in [1.54, 1.807) is 13.0 Å². The maximum absolute atomic E-state index is 9.90. The van der Waals surface area contributed by atoms with Gasteiger partial charge in [0.2, 0.25) is 0 Å². The molecule has 0 aliphatic rings. The smallest absolute Gasteiger partial charge is 0.145 e. The molecule has 0 saturated carbocycles. The van der Waals surface area contributed by atoms with Crippen molar-refractivity contribution >= 4 is 12.6 Å². The third-order valence-corrected chi connectivity index (χ3v) is 1.20. The number of allylic oxidation sites excluding steroid dienone is 4. The van der Waals surface area contributed by atoms with Crippen LogP contribution >= 0.6 is 0 Å². The van der Waals surface area contributed by atoms with Gasteiger partial charge in [0, 0.05) is 0 Å². The predicted molar refractivity (Wildman–Crippen MR) is 51.0 cm³/mol. The first kappa shape index (κ1) is 13.4. The first-order valence-electron chi connectivity index (χ1n) is 3.93. The zero-order chi connectivity index (χ0) is 9.82. The first-order chi connectivity index (χ1) is 5.76. The summed E-state index contributed by atoms with van der Waals surface area (Å²) in [6.07, 6.45) is 7.44. The number of carbonyl (C=O) groups is 2. The molecule has 0 rings (SSSR count). The molecule has 0 N–H and O–H groups in total. The molecular weight excluding hydrogens is 152 g/mol. The van der Waals surface area contributed by atoms with E-state index in [9.17, 15) is 9.59 Å². The zero-order valence-corrected chi connectivity index (χ0v) is 7.91. The maximum Gasteiger partial charge on any atom is 0.145 e. The second-order valence-electron chi connectivity index (χ2n) is 2.00. The van der Waals surface area contributed by atoms with Gasteiger partial charge in [-0.15, -0.1) is 0 Å². The van der Waals surface area contributed by atoms with Crippen LogP contribution in [0.3, 0.4) is 0 Å². The lowest BCUT2D eigenvalue weighted by molar-refractivity contribution is -0.105. The summed E-state index contributed by atoms with van der Waals surface area (Å²) >= 11 is 0. The minimum Gasteiger partial charge on any atom is -0.299 e. The van der Waals surface area contributed by atoms with E-state index < -0.39 is 0 Å². The fourth-order valence-electron chi connectivity index (χ4n) is 0.434. The van der Waals surface area contributed by atoms with Crippen molar-refractivity contribution in [2.24, 2.45) is 0 Å². The summed E-state index contributed by atoms with van der Waals surface area (Å²) in [7, 11) is 0. The number of rotatable bonds is 3. The van der Waals surface area contributed by atoms with Crippen LogP contribution in [-0.2, 0) is 9.59 Å². The molecule has 2 heteroatoms. The zero-order valence-electron chi connectivity index (χ0n) is 7.91. The summed E-state index contributed by atoms with van der Waals surface area (Å²) in [5, 5.41) is 0. The molecule has 0 amide bonds. The van der Waals surface area contributed by atoms with Gasteiger partial charge in [0.05, 0.1) is 0 Å². The summed E-state index contributed by atoms with van der Waals surface area (Å²) in [5.74, 6) is 0. The Kier molecular flexibility index (Phi) is 14.0. The molecule has 0 radical (unpaired) electrons. The van der Waals surface area contributed by atoms with Crippen molar-refractivity contribution in [3.05, 3.63) is 23.8 Å². The molecule has 68 valence electrons.